The predicted octanol–water partition coefficient (Wildman–Crippen LogP) is 7.04. The van der Waals surface area contributed by atoms with Gasteiger partial charge < -0.3 is 14.9 Å². The lowest BCUT2D eigenvalue weighted by atomic mass is 9.93. The number of hydrogen-bond acceptors (Lipinski definition) is 4. The second kappa shape index (κ2) is 9.68. The third-order valence-electron chi connectivity index (χ3n) is 6.70. The molecule has 0 aliphatic carbocycles. The molecule has 0 radical (unpaired) electrons. The maximum Gasteiger partial charge on any atom is 0.419 e. The summed E-state index contributed by atoms with van der Waals surface area (Å²) in [6, 6.07) is 15.7. The molecule has 0 amide bonds. The molecule has 1 heterocycles. The molecule has 0 bridgehead atoms. The zero-order valence-electron chi connectivity index (χ0n) is 21.9. The first-order chi connectivity index (χ1) is 15.7. The van der Waals surface area contributed by atoms with E-state index in [1.165, 1.54) is 5.56 Å². The van der Waals surface area contributed by atoms with E-state index in [9.17, 15) is 4.79 Å². The average Bonchev–Trinajstić information content (AvgIpc) is 3.11. The van der Waals surface area contributed by atoms with Gasteiger partial charge in [0.25, 0.3) is 0 Å². The summed E-state index contributed by atoms with van der Waals surface area (Å²) in [5.74, 6) is 0. The second-order valence-corrected chi connectivity index (χ2v) is 16.3. The van der Waals surface area contributed by atoms with E-state index < -0.39 is 20.0 Å². The number of carbonyl (C=O) groups is 1. The van der Waals surface area contributed by atoms with Crippen LogP contribution in [-0.2, 0) is 15.6 Å². The van der Waals surface area contributed by atoms with E-state index >= 15 is 0 Å². The van der Waals surface area contributed by atoms with Crippen molar-refractivity contribution in [2.45, 2.75) is 77.7 Å². The number of nitrogens with two attached hydrogens (primary N) is 1. The van der Waals surface area contributed by atoms with Gasteiger partial charge in [0.05, 0.1) is 11.6 Å². The van der Waals surface area contributed by atoms with Crippen molar-refractivity contribution < 1.29 is 14.0 Å². The van der Waals surface area contributed by atoms with E-state index in [4.69, 9.17) is 14.9 Å². The average molecular weight is 481 g/mol. The van der Waals surface area contributed by atoms with Crippen molar-refractivity contribution in [3.05, 3.63) is 71.4 Å². The lowest BCUT2D eigenvalue weighted by molar-refractivity contribution is 0.0544. The molecule has 5 nitrogen and oxygen atoms in total. The van der Waals surface area contributed by atoms with Crippen molar-refractivity contribution in [1.82, 2.24) is 4.57 Å². The van der Waals surface area contributed by atoms with Gasteiger partial charge in [0.2, 0.25) is 0 Å². The first-order valence-corrected chi connectivity index (χ1v) is 14.9. The van der Waals surface area contributed by atoms with E-state index in [1.54, 1.807) is 4.57 Å². The third-order valence-corrected chi connectivity index (χ3v) is 11.2. The van der Waals surface area contributed by atoms with Crippen molar-refractivity contribution in [3.8, 4) is 0 Å². The van der Waals surface area contributed by atoms with Crippen LogP contribution in [0, 0.1) is 0 Å². The summed E-state index contributed by atoms with van der Waals surface area (Å²) in [6.07, 6.45) is 2.21. The normalized spacial score (nSPS) is 13.8. The summed E-state index contributed by atoms with van der Waals surface area (Å²) in [6.45, 7) is 17.6. The molecule has 0 spiro atoms. The highest BCUT2D eigenvalue weighted by atomic mass is 28.4. The fourth-order valence-electron chi connectivity index (χ4n) is 3.78. The first kappa shape index (κ1) is 26.2. The van der Waals surface area contributed by atoms with E-state index in [0.29, 0.717) is 6.61 Å². The molecule has 1 atom stereocenters. The van der Waals surface area contributed by atoms with E-state index in [-0.39, 0.29) is 11.1 Å². The molecular weight excluding hydrogens is 440 g/mol. The third kappa shape index (κ3) is 5.80. The number of aromatic nitrogens is 1. The number of para-hydroxylation sites is 1. The Morgan fingerprint density at radius 2 is 1.59 bits per heavy atom. The molecule has 3 aromatic rings. The Hall–Kier alpha value is -2.41. The lowest BCUT2D eigenvalue weighted by Crippen LogP contribution is -2.41. The van der Waals surface area contributed by atoms with Gasteiger partial charge in [-0.15, -0.1) is 0 Å². The smallest absolute Gasteiger partial charge is 0.419 e. The zero-order valence-corrected chi connectivity index (χ0v) is 22.9. The SMILES string of the molecule is CC(C)(C)OC(=O)n1cc([C@H](N)c2ccccc2CCO[Si](C)(C)C(C)(C)C)c2ccccc21. The molecule has 0 saturated carbocycles. The van der Waals surface area contributed by atoms with Crippen LogP contribution in [0.2, 0.25) is 18.1 Å². The Morgan fingerprint density at radius 1 is 0.971 bits per heavy atom. The molecule has 0 fully saturated rings. The number of nitrogens with zero attached hydrogens (tertiary/aromatic N) is 1. The molecule has 0 aliphatic heterocycles. The molecule has 0 saturated heterocycles. The Kier molecular flexibility index (Phi) is 7.46. The van der Waals surface area contributed by atoms with Gasteiger partial charge in [-0.2, -0.15) is 0 Å². The first-order valence-electron chi connectivity index (χ1n) is 12.0. The van der Waals surface area contributed by atoms with Gasteiger partial charge in [-0.05, 0) is 68.1 Å². The maximum absolute atomic E-state index is 12.9. The van der Waals surface area contributed by atoms with Crippen LogP contribution in [0.5, 0.6) is 0 Å². The number of carbonyl (C=O) groups excluding carboxylic acids is 1. The number of ether oxygens (including phenoxy) is 1. The maximum atomic E-state index is 12.9. The summed E-state index contributed by atoms with van der Waals surface area (Å²) in [7, 11) is -1.82. The Labute approximate surface area is 205 Å². The van der Waals surface area contributed by atoms with E-state index in [1.807, 2.05) is 63.4 Å². The van der Waals surface area contributed by atoms with Crippen molar-refractivity contribution in [2.24, 2.45) is 5.73 Å². The summed E-state index contributed by atoms with van der Waals surface area (Å²) in [4.78, 5) is 12.9. The van der Waals surface area contributed by atoms with Crippen LogP contribution >= 0.6 is 0 Å². The minimum atomic E-state index is -1.82. The molecule has 3 rings (SSSR count). The molecule has 6 heteroatoms. The minimum Gasteiger partial charge on any atom is -0.443 e. The Balaban J connectivity index is 1.92. The fourth-order valence-corrected chi connectivity index (χ4v) is 4.83. The predicted molar refractivity (Wildman–Crippen MR) is 143 cm³/mol. The van der Waals surface area contributed by atoms with Gasteiger partial charge in [-0.1, -0.05) is 63.2 Å². The molecule has 0 unspecified atom stereocenters. The lowest BCUT2D eigenvalue weighted by Gasteiger charge is -2.36. The van der Waals surface area contributed by atoms with Crippen molar-refractivity contribution >= 4 is 25.3 Å². The van der Waals surface area contributed by atoms with Crippen LogP contribution in [-0.4, -0.2) is 31.2 Å². The van der Waals surface area contributed by atoms with Gasteiger partial charge in [0.15, 0.2) is 8.32 Å². The highest BCUT2D eigenvalue weighted by Gasteiger charge is 2.37. The van der Waals surface area contributed by atoms with Crippen molar-refractivity contribution in [2.75, 3.05) is 6.61 Å². The molecule has 0 aliphatic rings. The van der Waals surface area contributed by atoms with Crippen molar-refractivity contribution in [1.29, 1.82) is 0 Å². The topological polar surface area (TPSA) is 66.5 Å². The Morgan fingerprint density at radius 3 is 2.24 bits per heavy atom. The van der Waals surface area contributed by atoms with Crippen LogP contribution in [0.3, 0.4) is 0 Å². The molecule has 2 aromatic carbocycles. The summed E-state index contributed by atoms with van der Waals surface area (Å²) in [5, 5.41) is 1.13. The van der Waals surface area contributed by atoms with Crippen LogP contribution in [0.4, 0.5) is 4.79 Å². The van der Waals surface area contributed by atoms with Crippen LogP contribution in [0.15, 0.2) is 54.7 Å². The minimum absolute atomic E-state index is 0.173. The molecule has 1 aromatic heterocycles. The number of hydrogen-bond donors (Lipinski definition) is 1. The van der Waals surface area contributed by atoms with Gasteiger partial charge in [0.1, 0.15) is 5.60 Å². The van der Waals surface area contributed by atoms with E-state index in [0.717, 1.165) is 28.5 Å². The Bertz CT molecular complexity index is 1150. The highest BCUT2D eigenvalue weighted by molar-refractivity contribution is 6.74. The molecule has 34 heavy (non-hydrogen) atoms. The zero-order chi connectivity index (χ0) is 25.3. The summed E-state index contributed by atoms with van der Waals surface area (Å²) in [5.41, 5.74) is 10.2. The van der Waals surface area contributed by atoms with Crippen LogP contribution in [0.25, 0.3) is 10.9 Å². The largest absolute Gasteiger partial charge is 0.443 e. The molecule has 2 N–H and O–H groups in total. The van der Waals surface area contributed by atoms with Crippen LogP contribution in [0.1, 0.15) is 64.3 Å². The summed E-state index contributed by atoms with van der Waals surface area (Å²) < 4.78 is 13.6. The fraction of sp³-hybridized carbons (Fsp3) is 0.464. The molecular formula is C28H40N2O3Si. The van der Waals surface area contributed by atoms with Gasteiger partial charge in [-0.25, -0.2) is 4.79 Å². The van der Waals surface area contributed by atoms with E-state index in [2.05, 4.69) is 46.0 Å². The van der Waals surface area contributed by atoms with Gasteiger partial charge >= 0.3 is 6.09 Å². The van der Waals surface area contributed by atoms with Gasteiger partial charge in [-0.3, -0.25) is 4.57 Å². The van der Waals surface area contributed by atoms with Gasteiger partial charge in [0, 0.05) is 18.2 Å². The number of fused-ring (bicyclic) bond motifs is 1. The van der Waals surface area contributed by atoms with Crippen LogP contribution < -0.4 is 5.73 Å². The monoisotopic (exact) mass is 480 g/mol. The summed E-state index contributed by atoms with van der Waals surface area (Å²) >= 11 is 0. The second-order valence-electron chi connectivity index (χ2n) is 11.5. The quantitative estimate of drug-likeness (QED) is 0.384. The standard InChI is InChI=1S/C28H40N2O3Si/c1-27(2,3)33-26(31)30-19-23(22-15-11-12-16-24(22)30)25(29)21-14-10-9-13-20(21)17-18-32-34(7,8)28(4,5)6/h9-16,19,25H,17-18,29H2,1-8H3/t25-/m1/s1. The molecule has 184 valence electrons. The van der Waals surface area contributed by atoms with Crippen molar-refractivity contribution in [3.63, 3.8) is 0 Å². The number of rotatable bonds is 6. The number of benzene rings is 2. The highest BCUT2D eigenvalue weighted by Crippen LogP contribution is 2.37.